The van der Waals surface area contributed by atoms with Crippen LogP contribution >= 0.6 is 0 Å². The topological polar surface area (TPSA) is 79.4 Å². The predicted molar refractivity (Wildman–Crippen MR) is 91.0 cm³/mol. The Bertz CT molecular complexity index is 805. The van der Waals surface area contributed by atoms with Crippen molar-refractivity contribution in [1.29, 1.82) is 0 Å². The van der Waals surface area contributed by atoms with E-state index < -0.39 is 15.9 Å². The first-order valence-electron chi connectivity index (χ1n) is 7.02. The van der Waals surface area contributed by atoms with E-state index in [1.807, 2.05) is 26.0 Å². The molecule has 0 aliphatic heterocycles. The summed E-state index contributed by atoms with van der Waals surface area (Å²) >= 11 is 0. The summed E-state index contributed by atoms with van der Waals surface area (Å²) in [7, 11) is -3.58. The number of hydrogen-bond donors (Lipinski definition) is 1. The summed E-state index contributed by atoms with van der Waals surface area (Å²) in [5.74, 6) is -0.427. The number of nitrogens with zero attached hydrogens (tertiary/aromatic N) is 2. The van der Waals surface area contributed by atoms with Gasteiger partial charge < -0.3 is 5.32 Å². The van der Waals surface area contributed by atoms with Gasteiger partial charge in [-0.1, -0.05) is 17.7 Å². The molecule has 0 aliphatic rings. The monoisotopic (exact) mass is 333 g/mol. The van der Waals surface area contributed by atoms with Gasteiger partial charge in [0.05, 0.1) is 23.8 Å². The molecule has 0 fully saturated rings. The second kappa shape index (κ2) is 6.78. The molecule has 1 aromatic heterocycles. The van der Waals surface area contributed by atoms with E-state index in [9.17, 15) is 13.2 Å². The minimum Gasteiger partial charge on any atom is -0.323 e. The van der Waals surface area contributed by atoms with E-state index in [0.29, 0.717) is 11.4 Å². The highest BCUT2D eigenvalue weighted by molar-refractivity contribution is 7.92. The van der Waals surface area contributed by atoms with Gasteiger partial charge in [0.2, 0.25) is 15.9 Å². The van der Waals surface area contributed by atoms with Crippen LogP contribution in [0.1, 0.15) is 11.1 Å². The lowest BCUT2D eigenvalue weighted by atomic mass is 10.1. The molecule has 1 amide bonds. The number of pyridine rings is 1. The zero-order valence-electron chi connectivity index (χ0n) is 13.3. The van der Waals surface area contributed by atoms with Crippen LogP contribution in [-0.2, 0) is 14.8 Å². The van der Waals surface area contributed by atoms with Crippen molar-refractivity contribution < 1.29 is 13.2 Å². The van der Waals surface area contributed by atoms with Crippen LogP contribution < -0.4 is 9.62 Å². The number of carbonyl (C=O) groups excluding carboxylic acids is 1. The number of rotatable bonds is 5. The van der Waals surface area contributed by atoms with E-state index in [4.69, 9.17) is 0 Å². The number of carbonyl (C=O) groups is 1. The number of hydrogen-bond acceptors (Lipinski definition) is 4. The fourth-order valence-electron chi connectivity index (χ4n) is 2.23. The number of nitrogens with one attached hydrogen (secondary N) is 1. The van der Waals surface area contributed by atoms with Crippen LogP contribution in [0.15, 0.2) is 42.7 Å². The summed E-state index contributed by atoms with van der Waals surface area (Å²) in [6.45, 7) is 3.45. The summed E-state index contributed by atoms with van der Waals surface area (Å²) < 4.78 is 25.3. The fraction of sp³-hybridized carbons (Fsp3) is 0.250. The third-order valence-electron chi connectivity index (χ3n) is 3.25. The van der Waals surface area contributed by atoms with Crippen molar-refractivity contribution in [1.82, 2.24) is 4.98 Å². The Morgan fingerprint density at radius 2 is 2.00 bits per heavy atom. The predicted octanol–water partition coefficient (Wildman–Crippen LogP) is 2.10. The molecule has 0 unspecified atom stereocenters. The smallest absolute Gasteiger partial charge is 0.245 e. The molecule has 0 saturated heterocycles. The molecule has 1 aromatic carbocycles. The lowest BCUT2D eigenvalue weighted by molar-refractivity contribution is -0.114. The minimum atomic E-state index is -3.58. The Morgan fingerprint density at radius 1 is 1.26 bits per heavy atom. The zero-order chi connectivity index (χ0) is 17.0. The molecule has 7 heteroatoms. The molecule has 0 bridgehead atoms. The molecular formula is C16H19N3O3S. The lowest BCUT2D eigenvalue weighted by Gasteiger charge is -2.23. The van der Waals surface area contributed by atoms with Crippen LogP contribution in [0, 0.1) is 13.8 Å². The van der Waals surface area contributed by atoms with E-state index in [1.54, 1.807) is 24.4 Å². The molecule has 122 valence electrons. The van der Waals surface area contributed by atoms with E-state index >= 15 is 0 Å². The van der Waals surface area contributed by atoms with E-state index in [1.165, 1.54) is 6.20 Å². The quantitative estimate of drug-likeness (QED) is 0.909. The maximum atomic E-state index is 12.2. The molecule has 0 radical (unpaired) electrons. The second-order valence-corrected chi connectivity index (χ2v) is 7.26. The van der Waals surface area contributed by atoms with E-state index in [-0.39, 0.29) is 6.54 Å². The van der Waals surface area contributed by atoms with Gasteiger partial charge in [-0.3, -0.25) is 14.1 Å². The summed E-state index contributed by atoms with van der Waals surface area (Å²) in [6.07, 6.45) is 4.18. The Balaban J connectivity index is 2.25. The van der Waals surface area contributed by atoms with Crippen molar-refractivity contribution in [3.8, 4) is 0 Å². The number of amides is 1. The van der Waals surface area contributed by atoms with Gasteiger partial charge in [-0.05, 0) is 37.6 Å². The van der Waals surface area contributed by atoms with Gasteiger partial charge in [0.15, 0.2) is 0 Å². The zero-order valence-corrected chi connectivity index (χ0v) is 14.1. The molecule has 1 heterocycles. The molecule has 0 aliphatic carbocycles. The number of aryl methyl sites for hydroxylation is 2. The Morgan fingerprint density at radius 3 is 2.57 bits per heavy atom. The van der Waals surface area contributed by atoms with Crippen molar-refractivity contribution in [2.45, 2.75) is 13.8 Å². The van der Waals surface area contributed by atoms with E-state index in [0.717, 1.165) is 21.7 Å². The first-order valence-corrected chi connectivity index (χ1v) is 8.87. The number of sulfonamides is 1. The molecule has 1 N–H and O–H groups in total. The molecular weight excluding hydrogens is 314 g/mol. The van der Waals surface area contributed by atoms with Crippen molar-refractivity contribution in [3.63, 3.8) is 0 Å². The summed E-state index contributed by atoms with van der Waals surface area (Å²) in [4.78, 5) is 16.1. The largest absolute Gasteiger partial charge is 0.323 e. The highest BCUT2D eigenvalue weighted by Crippen LogP contribution is 2.23. The first-order chi connectivity index (χ1) is 10.8. The lowest BCUT2D eigenvalue weighted by Crippen LogP contribution is -2.37. The normalized spacial score (nSPS) is 11.1. The van der Waals surface area contributed by atoms with Gasteiger partial charge in [0.25, 0.3) is 0 Å². The van der Waals surface area contributed by atoms with Crippen LogP contribution in [0.4, 0.5) is 11.4 Å². The first kappa shape index (κ1) is 17.0. The maximum absolute atomic E-state index is 12.2. The third-order valence-corrected chi connectivity index (χ3v) is 4.38. The van der Waals surface area contributed by atoms with Crippen molar-refractivity contribution >= 4 is 27.3 Å². The standard InChI is InChI=1S/C16H19N3O3S/c1-12-6-7-15(13(2)9-12)19(23(3,21)22)11-16(20)18-14-5-4-8-17-10-14/h4-10H,11H2,1-3H3,(H,18,20). The summed E-state index contributed by atoms with van der Waals surface area (Å²) in [5, 5.41) is 2.64. The number of aromatic nitrogens is 1. The Labute approximate surface area is 136 Å². The van der Waals surface area contributed by atoms with Gasteiger partial charge in [-0.15, -0.1) is 0 Å². The van der Waals surface area contributed by atoms with Crippen LogP contribution in [-0.4, -0.2) is 32.1 Å². The highest BCUT2D eigenvalue weighted by atomic mass is 32.2. The van der Waals surface area contributed by atoms with E-state index in [2.05, 4.69) is 10.3 Å². The highest BCUT2D eigenvalue weighted by Gasteiger charge is 2.22. The van der Waals surface area contributed by atoms with Gasteiger partial charge in [0.1, 0.15) is 6.54 Å². The van der Waals surface area contributed by atoms with Gasteiger partial charge in [0, 0.05) is 6.20 Å². The molecule has 2 aromatic rings. The average Bonchev–Trinajstić information content (AvgIpc) is 2.45. The Hall–Kier alpha value is -2.41. The van der Waals surface area contributed by atoms with Gasteiger partial charge >= 0.3 is 0 Å². The molecule has 0 saturated carbocycles. The molecule has 23 heavy (non-hydrogen) atoms. The van der Waals surface area contributed by atoms with Gasteiger partial charge in [-0.25, -0.2) is 8.42 Å². The third kappa shape index (κ3) is 4.53. The second-order valence-electron chi connectivity index (χ2n) is 5.35. The molecule has 2 rings (SSSR count). The van der Waals surface area contributed by atoms with Crippen LogP contribution in [0.2, 0.25) is 0 Å². The van der Waals surface area contributed by atoms with Crippen LogP contribution in [0.25, 0.3) is 0 Å². The molecule has 0 spiro atoms. The molecule has 0 atom stereocenters. The van der Waals surface area contributed by atoms with Crippen LogP contribution in [0.3, 0.4) is 0 Å². The van der Waals surface area contributed by atoms with Gasteiger partial charge in [-0.2, -0.15) is 0 Å². The fourth-order valence-corrected chi connectivity index (χ4v) is 3.15. The number of anilines is 2. The van der Waals surface area contributed by atoms with Crippen LogP contribution in [0.5, 0.6) is 0 Å². The van der Waals surface area contributed by atoms with Crippen molar-refractivity contribution in [2.75, 3.05) is 22.4 Å². The number of benzene rings is 1. The Kier molecular flexibility index (Phi) is 5.00. The summed E-state index contributed by atoms with van der Waals surface area (Å²) in [5.41, 5.74) is 2.84. The van der Waals surface area contributed by atoms with Crippen molar-refractivity contribution in [2.24, 2.45) is 0 Å². The summed E-state index contributed by atoms with van der Waals surface area (Å²) in [6, 6.07) is 8.79. The SMILES string of the molecule is Cc1ccc(N(CC(=O)Nc2cccnc2)S(C)(=O)=O)c(C)c1. The average molecular weight is 333 g/mol. The minimum absolute atomic E-state index is 0.294. The van der Waals surface area contributed by atoms with Crippen molar-refractivity contribution in [3.05, 3.63) is 53.9 Å². The maximum Gasteiger partial charge on any atom is 0.245 e. The molecule has 6 nitrogen and oxygen atoms in total.